The average molecular weight is 366 g/mol. The highest BCUT2D eigenvalue weighted by molar-refractivity contribution is 9.10. The number of phenols is 1. The van der Waals surface area contributed by atoms with E-state index >= 15 is 0 Å². The summed E-state index contributed by atoms with van der Waals surface area (Å²) in [6.45, 7) is 2.93. The predicted molar refractivity (Wildman–Crippen MR) is 89.8 cm³/mol. The molecule has 3 nitrogen and oxygen atoms in total. The lowest BCUT2D eigenvalue weighted by atomic mass is 10.2. The number of fused-ring (bicyclic) bond motifs is 1. The number of aromatic hydroxyl groups is 1. The Labute approximate surface area is 136 Å². The molecule has 0 radical (unpaired) electrons. The minimum atomic E-state index is 0.211. The number of hydrogen-bond donors (Lipinski definition) is 1. The molecule has 3 rings (SSSR count). The van der Waals surface area contributed by atoms with Gasteiger partial charge in [0, 0.05) is 16.0 Å². The molecule has 0 fully saturated rings. The Morgan fingerprint density at radius 1 is 1.24 bits per heavy atom. The number of aryl methyl sites for hydroxylation is 1. The minimum absolute atomic E-state index is 0.211. The molecule has 5 heteroatoms. The van der Waals surface area contributed by atoms with Gasteiger partial charge in [0.2, 0.25) is 0 Å². The van der Waals surface area contributed by atoms with Gasteiger partial charge in [0.05, 0.1) is 16.6 Å². The van der Waals surface area contributed by atoms with Crippen molar-refractivity contribution in [3.63, 3.8) is 0 Å². The number of rotatable bonds is 3. The Morgan fingerprint density at radius 3 is 2.76 bits per heavy atom. The standard InChI is InChI=1S/C16H14BrClN2O/c1-2-7-20-14-9-11(18)4-6-13(14)19-16(20)12-5-3-10(17)8-15(12)21/h3-6,8-9,21H,2,7H2,1H3. The fourth-order valence-corrected chi connectivity index (χ4v) is 2.96. The number of benzene rings is 2. The minimum Gasteiger partial charge on any atom is -0.507 e. The number of imidazole rings is 1. The third-order valence-corrected chi connectivity index (χ3v) is 4.09. The van der Waals surface area contributed by atoms with Gasteiger partial charge in [0.25, 0.3) is 0 Å². The lowest BCUT2D eigenvalue weighted by Crippen LogP contribution is -1.99. The molecule has 0 aliphatic carbocycles. The van der Waals surface area contributed by atoms with E-state index < -0.39 is 0 Å². The predicted octanol–water partition coefficient (Wildman–Crippen LogP) is 5.23. The average Bonchev–Trinajstić information content (AvgIpc) is 2.78. The summed E-state index contributed by atoms with van der Waals surface area (Å²) in [6, 6.07) is 11.1. The summed E-state index contributed by atoms with van der Waals surface area (Å²) in [5, 5.41) is 10.9. The van der Waals surface area contributed by atoms with Crippen molar-refractivity contribution in [3.8, 4) is 17.1 Å². The highest BCUT2D eigenvalue weighted by Gasteiger charge is 2.15. The SMILES string of the molecule is CCCn1c(-c2ccc(Br)cc2O)nc2ccc(Cl)cc21. The second-order valence-corrected chi connectivity index (χ2v) is 6.23. The van der Waals surface area contributed by atoms with E-state index in [1.54, 1.807) is 6.07 Å². The third-order valence-electron chi connectivity index (χ3n) is 3.36. The van der Waals surface area contributed by atoms with Crippen molar-refractivity contribution in [2.24, 2.45) is 0 Å². The van der Waals surface area contributed by atoms with Crippen molar-refractivity contribution in [2.75, 3.05) is 0 Å². The number of phenolic OH excluding ortho intramolecular Hbond substituents is 1. The van der Waals surface area contributed by atoms with Gasteiger partial charge in [-0.3, -0.25) is 0 Å². The topological polar surface area (TPSA) is 38.0 Å². The Kier molecular flexibility index (Phi) is 3.91. The van der Waals surface area contributed by atoms with Gasteiger partial charge >= 0.3 is 0 Å². The van der Waals surface area contributed by atoms with Crippen LogP contribution in [0.3, 0.4) is 0 Å². The van der Waals surface area contributed by atoms with Gasteiger partial charge in [-0.2, -0.15) is 0 Å². The highest BCUT2D eigenvalue weighted by atomic mass is 79.9. The first-order chi connectivity index (χ1) is 10.1. The molecule has 0 unspecified atom stereocenters. The zero-order valence-corrected chi connectivity index (χ0v) is 13.8. The van der Waals surface area contributed by atoms with Gasteiger partial charge in [0.1, 0.15) is 11.6 Å². The van der Waals surface area contributed by atoms with Crippen LogP contribution in [0.15, 0.2) is 40.9 Å². The van der Waals surface area contributed by atoms with Crippen LogP contribution in [0.5, 0.6) is 5.75 Å². The Balaban J connectivity index is 2.28. The van der Waals surface area contributed by atoms with Crippen molar-refractivity contribution in [2.45, 2.75) is 19.9 Å². The molecule has 0 aliphatic heterocycles. The zero-order chi connectivity index (χ0) is 15.0. The zero-order valence-electron chi connectivity index (χ0n) is 11.5. The Morgan fingerprint density at radius 2 is 2.05 bits per heavy atom. The van der Waals surface area contributed by atoms with E-state index in [1.165, 1.54) is 0 Å². The number of aromatic nitrogens is 2. The normalized spacial score (nSPS) is 11.2. The van der Waals surface area contributed by atoms with Crippen LogP contribution in [0.1, 0.15) is 13.3 Å². The van der Waals surface area contributed by atoms with Crippen molar-refractivity contribution in [3.05, 3.63) is 45.9 Å². The maximum absolute atomic E-state index is 10.2. The first-order valence-electron chi connectivity index (χ1n) is 6.75. The molecule has 0 atom stereocenters. The van der Waals surface area contributed by atoms with Crippen molar-refractivity contribution in [1.82, 2.24) is 9.55 Å². The summed E-state index contributed by atoms with van der Waals surface area (Å²) in [7, 11) is 0. The quantitative estimate of drug-likeness (QED) is 0.689. The second kappa shape index (κ2) is 5.70. The summed E-state index contributed by atoms with van der Waals surface area (Å²) < 4.78 is 2.94. The number of hydrogen-bond acceptors (Lipinski definition) is 2. The van der Waals surface area contributed by atoms with Crippen LogP contribution in [0, 0.1) is 0 Å². The Hall–Kier alpha value is -1.52. The molecule has 108 valence electrons. The van der Waals surface area contributed by atoms with E-state index in [0.29, 0.717) is 5.02 Å². The van der Waals surface area contributed by atoms with Crippen LogP contribution in [0.2, 0.25) is 5.02 Å². The molecule has 21 heavy (non-hydrogen) atoms. The van der Waals surface area contributed by atoms with E-state index in [0.717, 1.165) is 39.9 Å². The van der Waals surface area contributed by atoms with Crippen molar-refractivity contribution in [1.29, 1.82) is 0 Å². The molecule has 0 saturated heterocycles. The largest absolute Gasteiger partial charge is 0.507 e. The smallest absolute Gasteiger partial charge is 0.144 e. The van der Waals surface area contributed by atoms with E-state index in [4.69, 9.17) is 11.6 Å². The van der Waals surface area contributed by atoms with Gasteiger partial charge in [-0.1, -0.05) is 34.5 Å². The molecular formula is C16H14BrClN2O. The van der Waals surface area contributed by atoms with E-state index in [9.17, 15) is 5.11 Å². The van der Waals surface area contributed by atoms with E-state index in [-0.39, 0.29) is 5.75 Å². The van der Waals surface area contributed by atoms with Gasteiger partial charge in [-0.25, -0.2) is 4.98 Å². The first-order valence-corrected chi connectivity index (χ1v) is 7.92. The summed E-state index contributed by atoms with van der Waals surface area (Å²) >= 11 is 9.46. The van der Waals surface area contributed by atoms with Crippen LogP contribution in [-0.2, 0) is 6.54 Å². The maximum Gasteiger partial charge on any atom is 0.144 e. The molecule has 3 aromatic rings. The third kappa shape index (κ3) is 2.65. The van der Waals surface area contributed by atoms with Crippen LogP contribution in [0.25, 0.3) is 22.4 Å². The van der Waals surface area contributed by atoms with Gasteiger partial charge in [-0.05, 0) is 42.8 Å². The molecular weight excluding hydrogens is 352 g/mol. The molecule has 0 amide bonds. The van der Waals surface area contributed by atoms with Gasteiger partial charge < -0.3 is 9.67 Å². The molecule has 2 aromatic carbocycles. The molecule has 0 aliphatic rings. The molecule has 0 spiro atoms. The summed E-state index contributed by atoms with van der Waals surface area (Å²) in [6.07, 6.45) is 0.974. The van der Waals surface area contributed by atoms with E-state index in [2.05, 4.69) is 32.4 Å². The fourth-order valence-electron chi connectivity index (χ4n) is 2.45. The molecule has 1 aromatic heterocycles. The van der Waals surface area contributed by atoms with Crippen molar-refractivity contribution >= 4 is 38.6 Å². The van der Waals surface area contributed by atoms with E-state index in [1.807, 2.05) is 30.3 Å². The molecule has 1 N–H and O–H groups in total. The summed E-state index contributed by atoms with van der Waals surface area (Å²) in [4.78, 5) is 4.66. The van der Waals surface area contributed by atoms with Crippen LogP contribution >= 0.6 is 27.5 Å². The summed E-state index contributed by atoms with van der Waals surface area (Å²) in [5.41, 5.74) is 2.59. The molecule has 0 saturated carbocycles. The van der Waals surface area contributed by atoms with Gasteiger partial charge in [-0.15, -0.1) is 0 Å². The Bertz CT molecular complexity index is 813. The number of nitrogens with zero attached hydrogens (tertiary/aromatic N) is 2. The molecule has 0 bridgehead atoms. The monoisotopic (exact) mass is 364 g/mol. The lowest BCUT2D eigenvalue weighted by Gasteiger charge is -2.09. The second-order valence-electron chi connectivity index (χ2n) is 4.88. The van der Waals surface area contributed by atoms with Crippen LogP contribution in [-0.4, -0.2) is 14.7 Å². The first kappa shape index (κ1) is 14.4. The number of halogens is 2. The van der Waals surface area contributed by atoms with Gasteiger partial charge in [0.15, 0.2) is 0 Å². The van der Waals surface area contributed by atoms with Crippen LogP contribution < -0.4 is 0 Å². The molecule has 1 heterocycles. The highest BCUT2D eigenvalue weighted by Crippen LogP contribution is 2.34. The van der Waals surface area contributed by atoms with Crippen LogP contribution in [0.4, 0.5) is 0 Å². The lowest BCUT2D eigenvalue weighted by molar-refractivity contribution is 0.476. The summed E-state index contributed by atoms with van der Waals surface area (Å²) in [5.74, 6) is 0.974. The maximum atomic E-state index is 10.2. The van der Waals surface area contributed by atoms with Crippen molar-refractivity contribution < 1.29 is 5.11 Å². The fraction of sp³-hybridized carbons (Fsp3) is 0.188.